The van der Waals surface area contributed by atoms with Gasteiger partial charge < -0.3 is 10.1 Å². The van der Waals surface area contributed by atoms with E-state index in [4.69, 9.17) is 4.74 Å². The van der Waals surface area contributed by atoms with E-state index in [2.05, 4.69) is 36.4 Å². The second-order valence-corrected chi connectivity index (χ2v) is 8.96. The molecule has 0 saturated heterocycles. The molecular formula is C25H20BrN7O4. The van der Waals surface area contributed by atoms with Crippen molar-refractivity contribution in [2.24, 2.45) is 0 Å². The lowest BCUT2D eigenvalue weighted by Crippen LogP contribution is -2.13. The van der Waals surface area contributed by atoms with Crippen molar-refractivity contribution in [2.45, 2.75) is 20.4 Å². The minimum atomic E-state index is -0.558. The Hall–Kier alpha value is -4.58. The summed E-state index contributed by atoms with van der Waals surface area (Å²) in [6.45, 7) is 4.54. The molecule has 0 saturated carbocycles. The summed E-state index contributed by atoms with van der Waals surface area (Å²) < 4.78 is 9.95. The summed E-state index contributed by atoms with van der Waals surface area (Å²) in [5.41, 5.74) is 2.66. The number of aryl methyl sites for hydroxylation is 2. The fourth-order valence-corrected chi connectivity index (χ4v) is 4.25. The Morgan fingerprint density at radius 2 is 1.97 bits per heavy atom. The molecule has 3 heterocycles. The molecule has 5 aromatic rings. The van der Waals surface area contributed by atoms with Gasteiger partial charge in [0.1, 0.15) is 17.2 Å². The fourth-order valence-electron chi connectivity index (χ4n) is 3.73. The van der Waals surface area contributed by atoms with Crippen LogP contribution in [0.4, 0.5) is 11.4 Å². The molecule has 0 atom stereocenters. The first kappa shape index (κ1) is 24.1. The summed E-state index contributed by atoms with van der Waals surface area (Å²) in [5.74, 6) is 0.210. The number of para-hydroxylation sites is 1. The Bertz CT molecular complexity index is 1660. The van der Waals surface area contributed by atoms with Gasteiger partial charge in [0.2, 0.25) is 0 Å². The fraction of sp³-hybridized carbons (Fsp3) is 0.120. The number of hydrogen-bond donors (Lipinski definition) is 1. The normalized spacial score (nSPS) is 11.0. The maximum absolute atomic E-state index is 13.1. The number of ether oxygens (including phenoxy) is 1. The van der Waals surface area contributed by atoms with Crippen LogP contribution in [-0.4, -0.2) is 35.2 Å². The van der Waals surface area contributed by atoms with Gasteiger partial charge in [0, 0.05) is 37.1 Å². The monoisotopic (exact) mass is 561 g/mol. The SMILES string of the molecule is CCn1cc(Br)c(-c2ccnc3cc(C(=O)Nc4cc(Oc5ccccc5C)cc([N+](=O)[O-])c4)nn23)n1. The van der Waals surface area contributed by atoms with Crippen LogP contribution in [0.25, 0.3) is 17.0 Å². The Morgan fingerprint density at radius 1 is 1.16 bits per heavy atom. The first-order valence-electron chi connectivity index (χ1n) is 11.2. The van der Waals surface area contributed by atoms with E-state index in [1.165, 1.54) is 28.8 Å². The number of benzene rings is 2. The molecule has 1 amide bonds. The summed E-state index contributed by atoms with van der Waals surface area (Å²) in [7, 11) is 0. The van der Waals surface area contributed by atoms with Crippen molar-refractivity contribution in [3.8, 4) is 22.9 Å². The minimum absolute atomic E-state index is 0.0823. The van der Waals surface area contributed by atoms with Crippen LogP contribution in [0.5, 0.6) is 11.5 Å². The Kier molecular flexibility index (Phi) is 6.40. The molecule has 0 fully saturated rings. The predicted molar refractivity (Wildman–Crippen MR) is 140 cm³/mol. The summed E-state index contributed by atoms with van der Waals surface area (Å²) in [5, 5.41) is 23.2. The summed E-state index contributed by atoms with van der Waals surface area (Å²) in [4.78, 5) is 28.4. The molecule has 0 aliphatic rings. The number of carbonyl (C=O) groups excluding carboxylic acids is 1. The third-order valence-electron chi connectivity index (χ3n) is 5.56. The Labute approximate surface area is 219 Å². The van der Waals surface area contributed by atoms with Crippen molar-refractivity contribution in [2.75, 3.05) is 5.32 Å². The standard InChI is InChI=1S/C25H20BrN7O4/c1-3-31-14-19(26)24(30-31)21-8-9-27-23-13-20(29-32(21)23)25(34)28-16-10-17(33(35)36)12-18(11-16)37-22-7-5-4-6-15(22)2/h4-14H,3H2,1-2H3,(H,28,34). The number of hydrogen-bond acceptors (Lipinski definition) is 7. The highest BCUT2D eigenvalue weighted by Gasteiger charge is 2.19. The molecule has 0 bridgehead atoms. The number of fused-ring (bicyclic) bond motifs is 1. The van der Waals surface area contributed by atoms with Gasteiger partial charge in [-0.05, 0) is 47.5 Å². The van der Waals surface area contributed by atoms with Crippen LogP contribution in [0.3, 0.4) is 0 Å². The van der Waals surface area contributed by atoms with E-state index in [0.29, 0.717) is 29.3 Å². The summed E-state index contributed by atoms with van der Waals surface area (Å²) in [6, 6.07) is 14.7. The predicted octanol–water partition coefficient (Wildman–Crippen LogP) is 5.64. The third kappa shape index (κ3) is 4.91. The average Bonchev–Trinajstić information content (AvgIpc) is 3.48. The lowest BCUT2D eigenvalue weighted by atomic mass is 10.2. The molecule has 186 valence electrons. The molecule has 0 spiro atoms. The third-order valence-corrected chi connectivity index (χ3v) is 6.14. The van der Waals surface area contributed by atoms with Gasteiger partial charge in [-0.2, -0.15) is 10.2 Å². The number of nitro groups is 1. The molecule has 3 aromatic heterocycles. The molecule has 12 heteroatoms. The highest BCUT2D eigenvalue weighted by atomic mass is 79.9. The van der Waals surface area contributed by atoms with Crippen LogP contribution in [0.1, 0.15) is 23.0 Å². The van der Waals surface area contributed by atoms with Gasteiger partial charge in [0.25, 0.3) is 11.6 Å². The number of nitro benzene ring substituents is 1. The van der Waals surface area contributed by atoms with Crippen LogP contribution in [0.2, 0.25) is 0 Å². The highest BCUT2D eigenvalue weighted by molar-refractivity contribution is 9.10. The van der Waals surface area contributed by atoms with E-state index < -0.39 is 10.8 Å². The van der Waals surface area contributed by atoms with Crippen LogP contribution in [0, 0.1) is 17.0 Å². The molecule has 0 aliphatic heterocycles. The van der Waals surface area contributed by atoms with Gasteiger partial charge >= 0.3 is 0 Å². The van der Waals surface area contributed by atoms with Crippen molar-refractivity contribution in [1.29, 1.82) is 0 Å². The van der Waals surface area contributed by atoms with E-state index >= 15 is 0 Å². The second-order valence-electron chi connectivity index (χ2n) is 8.11. The molecular weight excluding hydrogens is 542 g/mol. The zero-order chi connectivity index (χ0) is 26.1. The molecule has 0 unspecified atom stereocenters. The van der Waals surface area contributed by atoms with Crippen LogP contribution < -0.4 is 10.1 Å². The van der Waals surface area contributed by atoms with Gasteiger partial charge in [-0.25, -0.2) is 9.50 Å². The van der Waals surface area contributed by atoms with E-state index in [1.54, 1.807) is 29.1 Å². The van der Waals surface area contributed by atoms with Crippen LogP contribution in [-0.2, 0) is 6.54 Å². The minimum Gasteiger partial charge on any atom is -0.457 e. The van der Waals surface area contributed by atoms with E-state index in [1.807, 2.05) is 32.2 Å². The number of nitrogens with one attached hydrogen (secondary N) is 1. The first-order valence-corrected chi connectivity index (χ1v) is 12.0. The lowest BCUT2D eigenvalue weighted by molar-refractivity contribution is -0.384. The zero-order valence-electron chi connectivity index (χ0n) is 19.8. The topological polar surface area (TPSA) is 129 Å². The number of amides is 1. The number of nitrogens with zero attached hydrogens (tertiary/aromatic N) is 6. The number of anilines is 1. The van der Waals surface area contributed by atoms with Crippen LogP contribution in [0.15, 0.2) is 71.5 Å². The number of aromatic nitrogens is 5. The average molecular weight is 562 g/mol. The van der Waals surface area contributed by atoms with Crippen molar-refractivity contribution >= 4 is 38.9 Å². The van der Waals surface area contributed by atoms with Gasteiger partial charge in [-0.3, -0.25) is 19.6 Å². The van der Waals surface area contributed by atoms with E-state index in [9.17, 15) is 14.9 Å². The highest BCUT2D eigenvalue weighted by Crippen LogP contribution is 2.32. The van der Waals surface area contributed by atoms with E-state index in [0.717, 1.165) is 10.0 Å². The molecule has 0 radical (unpaired) electrons. The molecule has 37 heavy (non-hydrogen) atoms. The molecule has 0 aliphatic carbocycles. The smallest absolute Gasteiger partial charge is 0.276 e. The second kappa shape index (κ2) is 9.82. The summed E-state index contributed by atoms with van der Waals surface area (Å²) >= 11 is 3.52. The van der Waals surface area contributed by atoms with E-state index in [-0.39, 0.29) is 22.8 Å². The number of non-ortho nitro benzene ring substituents is 1. The molecule has 2 aromatic carbocycles. The zero-order valence-corrected chi connectivity index (χ0v) is 21.3. The van der Waals surface area contributed by atoms with Gasteiger partial charge in [-0.1, -0.05) is 18.2 Å². The Morgan fingerprint density at radius 3 is 2.70 bits per heavy atom. The van der Waals surface area contributed by atoms with Crippen LogP contribution >= 0.6 is 15.9 Å². The largest absolute Gasteiger partial charge is 0.457 e. The first-order chi connectivity index (χ1) is 17.8. The lowest BCUT2D eigenvalue weighted by Gasteiger charge is -2.10. The molecule has 11 nitrogen and oxygen atoms in total. The summed E-state index contributed by atoms with van der Waals surface area (Å²) in [6.07, 6.45) is 3.47. The number of halogens is 1. The van der Waals surface area contributed by atoms with Gasteiger partial charge in [0.15, 0.2) is 11.3 Å². The molecule has 1 N–H and O–H groups in total. The van der Waals surface area contributed by atoms with Crippen molar-refractivity contribution in [1.82, 2.24) is 24.4 Å². The van der Waals surface area contributed by atoms with Gasteiger partial charge in [-0.15, -0.1) is 0 Å². The number of carbonyl (C=O) groups is 1. The maximum Gasteiger partial charge on any atom is 0.276 e. The Balaban J connectivity index is 1.46. The van der Waals surface area contributed by atoms with Crippen molar-refractivity contribution in [3.63, 3.8) is 0 Å². The van der Waals surface area contributed by atoms with Crippen molar-refractivity contribution in [3.05, 3.63) is 92.8 Å². The van der Waals surface area contributed by atoms with Crippen molar-refractivity contribution < 1.29 is 14.5 Å². The maximum atomic E-state index is 13.1. The molecule has 5 rings (SSSR count). The number of rotatable bonds is 7. The quantitative estimate of drug-likeness (QED) is 0.201. The van der Waals surface area contributed by atoms with Gasteiger partial charge in [0.05, 0.1) is 26.8 Å².